The molecule has 0 aliphatic carbocycles. The number of nitriles is 1. The Morgan fingerprint density at radius 1 is 0.879 bits per heavy atom. The van der Waals surface area contributed by atoms with E-state index < -0.39 is 11.3 Å². The van der Waals surface area contributed by atoms with Gasteiger partial charge in [-0.2, -0.15) is 5.26 Å². The molecular weight excluding hydrogens is 457 g/mol. The summed E-state index contributed by atoms with van der Waals surface area (Å²) in [6, 6.07) is 22.3. The fraction of sp³-hybridized carbons (Fsp3) is 0.231. The molecule has 1 saturated heterocycles. The Balaban J connectivity index is 2.05. The molecule has 4 rings (SSSR count). The summed E-state index contributed by atoms with van der Waals surface area (Å²) in [5.41, 5.74) is -0.823. The molecule has 1 aliphatic heterocycles. The molecule has 0 bridgehead atoms. The second-order valence-corrected chi connectivity index (χ2v) is 8.88. The smallest absolute Gasteiger partial charge is 0.332 e. The number of benzene rings is 3. The number of halogens is 2. The number of rotatable bonds is 5. The number of aliphatic hydroxyl groups is 1. The Kier molecular flexibility index (Phi) is 6.11. The number of urea groups is 1. The van der Waals surface area contributed by atoms with Gasteiger partial charge in [0.2, 0.25) is 0 Å². The summed E-state index contributed by atoms with van der Waals surface area (Å²) >= 11 is 12.2. The molecular formula is C26H23Cl2N3O2. The molecule has 1 fully saturated rings. The van der Waals surface area contributed by atoms with Crippen molar-refractivity contribution in [2.24, 2.45) is 0 Å². The van der Waals surface area contributed by atoms with Gasteiger partial charge in [0.25, 0.3) is 0 Å². The van der Waals surface area contributed by atoms with E-state index in [4.69, 9.17) is 23.2 Å². The zero-order valence-corrected chi connectivity index (χ0v) is 19.8. The molecule has 0 spiro atoms. The van der Waals surface area contributed by atoms with Crippen molar-refractivity contribution in [1.82, 2.24) is 0 Å². The van der Waals surface area contributed by atoms with Crippen LogP contribution in [0.4, 0.5) is 16.2 Å². The van der Waals surface area contributed by atoms with E-state index in [1.807, 2.05) is 13.8 Å². The largest absolute Gasteiger partial charge is 0.364 e. The summed E-state index contributed by atoms with van der Waals surface area (Å²) in [6.07, 6.45) is 0.907. The lowest BCUT2D eigenvalue weighted by molar-refractivity contribution is -0.0215. The van der Waals surface area contributed by atoms with E-state index >= 15 is 0 Å². The number of carbonyl (C=O) groups is 1. The molecule has 0 aromatic heterocycles. The predicted molar refractivity (Wildman–Crippen MR) is 132 cm³/mol. The minimum Gasteiger partial charge on any atom is -0.364 e. The lowest BCUT2D eigenvalue weighted by atomic mass is 9.76. The van der Waals surface area contributed by atoms with Gasteiger partial charge in [0.1, 0.15) is 5.54 Å². The fourth-order valence-electron chi connectivity index (χ4n) is 4.88. The van der Waals surface area contributed by atoms with E-state index in [9.17, 15) is 15.2 Å². The minimum absolute atomic E-state index is 0.381. The third-order valence-electron chi connectivity index (χ3n) is 6.52. The van der Waals surface area contributed by atoms with Crippen molar-refractivity contribution in [2.75, 3.05) is 9.80 Å². The first-order chi connectivity index (χ1) is 15.8. The van der Waals surface area contributed by atoms with Gasteiger partial charge in [-0.15, -0.1) is 0 Å². The lowest BCUT2D eigenvalue weighted by Gasteiger charge is -2.46. The Morgan fingerprint density at radius 3 is 1.88 bits per heavy atom. The summed E-state index contributed by atoms with van der Waals surface area (Å²) in [7, 11) is 0. The molecule has 3 aromatic carbocycles. The van der Waals surface area contributed by atoms with Crippen LogP contribution in [0.3, 0.4) is 0 Å². The maximum absolute atomic E-state index is 14.1. The van der Waals surface area contributed by atoms with Gasteiger partial charge < -0.3 is 5.11 Å². The van der Waals surface area contributed by atoms with Crippen LogP contribution in [0.5, 0.6) is 0 Å². The number of nitrogens with zero attached hydrogens (tertiary/aromatic N) is 3. The predicted octanol–water partition coefficient (Wildman–Crippen LogP) is 6.72. The maximum Gasteiger partial charge on any atom is 0.332 e. The number of hydrogen-bond donors (Lipinski definition) is 1. The van der Waals surface area contributed by atoms with Crippen molar-refractivity contribution in [3.63, 3.8) is 0 Å². The average Bonchev–Trinajstić information content (AvgIpc) is 3.04. The molecule has 3 aromatic rings. The summed E-state index contributed by atoms with van der Waals surface area (Å²) in [6.45, 7) is 3.90. The second-order valence-electron chi connectivity index (χ2n) is 8.01. The van der Waals surface area contributed by atoms with Crippen LogP contribution < -0.4 is 9.80 Å². The molecule has 2 amide bonds. The van der Waals surface area contributed by atoms with Crippen LogP contribution in [0.25, 0.3) is 0 Å². The summed E-state index contributed by atoms with van der Waals surface area (Å²) in [5, 5.41) is 23.2. The summed E-state index contributed by atoms with van der Waals surface area (Å²) in [4.78, 5) is 17.2. The van der Waals surface area contributed by atoms with E-state index in [-0.39, 0.29) is 6.03 Å². The van der Waals surface area contributed by atoms with E-state index in [1.165, 1.54) is 4.90 Å². The standard InChI is InChI=1S/C26H23Cl2N3O2/c1-3-25(4-2)26(33,19-7-5-6-18(16-19)17-29)31(23-14-10-21(28)11-15-23)24(32)30(25)22-12-8-20(27)9-13-22/h5-16,33H,3-4H2,1-2H3. The highest BCUT2D eigenvalue weighted by Crippen LogP contribution is 2.54. The highest BCUT2D eigenvalue weighted by atomic mass is 35.5. The third-order valence-corrected chi connectivity index (χ3v) is 7.02. The summed E-state index contributed by atoms with van der Waals surface area (Å²) in [5.74, 6) is 0. The Morgan fingerprint density at radius 2 is 1.39 bits per heavy atom. The maximum atomic E-state index is 14.1. The number of amides is 2. The number of anilines is 2. The molecule has 168 valence electrons. The highest BCUT2D eigenvalue weighted by molar-refractivity contribution is 6.31. The van der Waals surface area contributed by atoms with Crippen molar-refractivity contribution < 1.29 is 9.90 Å². The highest BCUT2D eigenvalue weighted by Gasteiger charge is 2.66. The van der Waals surface area contributed by atoms with Crippen LogP contribution in [0.15, 0.2) is 72.8 Å². The van der Waals surface area contributed by atoms with Crippen molar-refractivity contribution in [1.29, 1.82) is 5.26 Å². The molecule has 1 unspecified atom stereocenters. The molecule has 5 nitrogen and oxygen atoms in total. The van der Waals surface area contributed by atoms with Gasteiger partial charge in [0.05, 0.1) is 11.6 Å². The first-order valence-corrected chi connectivity index (χ1v) is 11.5. The fourth-order valence-corrected chi connectivity index (χ4v) is 5.14. The summed E-state index contributed by atoms with van der Waals surface area (Å²) < 4.78 is 0. The Bertz CT molecular complexity index is 1220. The average molecular weight is 480 g/mol. The van der Waals surface area contributed by atoms with E-state index in [0.717, 1.165) is 0 Å². The van der Waals surface area contributed by atoms with Gasteiger partial charge in [-0.25, -0.2) is 4.79 Å². The van der Waals surface area contributed by atoms with E-state index in [1.54, 1.807) is 77.7 Å². The van der Waals surface area contributed by atoms with Crippen molar-refractivity contribution in [3.05, 3.63) is 94.0 Å². The topological polar surface area (TPSA) is 67.6 Å². The van der Waals surface area contributed by atoms with Crippen LogP contribution in [0.1, 0.15) is 37.8 Å². The van der Waals surface area contributed by atoms with Crippen molar-refractivity contribution >= 4 is 40.6 Å². The van der Waals surface area contributed by atoms with Gasteiger partial charge in [-0.05, 0) is 73.5 Å². The Labute approximate surface area is 203 Å². The monoisotopic (exact) mass is 479 g/mol. The molecule has 1 aliphatic rings. The second kappa shape index (κ2) is 8.72. The van der Waals surface area contributed by atoms with Gasteiger partial charge in [0, 0.05) is 27.0 Å². The van der Waals surface area contributed by atoms with E-state index in [2.05, 4.69) is 6.07 Å². The van der Waals surface area contributed by atoms with Gasteiger partial charge >= 0.3 is 6.03 Å². The third kappa shape index (κ3) is 3.46. The molecule has 0 radical (unpaired) electrons. The first-order valence-electron chi connectivity index (χ1n) is 10.7. The molecule has 1 heterocycles. The van der Waals surface area contributed by atoms with Crippen molar-refractivity contribution in [2.45, 2.75) is 38.0 Å². The molecule has 1 N–H and O–H groups in total. The van der Waals surface area contributed by atoms with Crippen LogP contribution >= 0.6 is 23.2 Å². The molecule has 1 atom stereocenters. The molecule has 33 heavy (non-hydrogen) atoms. The number of hydrogen-bond acceptors (Lipinski definition) is 3. The van der Waals surface area contributed by atoms with Crippen LogP contribution in [0, 0.1) is 11.3 Å². The van der Waals surface area contributed by atoms with Gasteiger partial charge in [0.15, 0.2) is 5.72 Å². The Hall–Kier alpha value is -3.04. The molecule has 0 saturated carbocycles. The SMILES string of the molecule is CCC1(CC)N(c2ccc(Cl)cc2)C(=O)N(c2ccc(Cl)cc2)C1(O)c1cccc(C#N)c1. The zero-order chi connectivity index (χ0) is 23.8. The molecule has 7 heteroatoms. The van der Waals surface area contributed by atoms with Crippen molar-refractivity contribution in [3.8, 4) is 6.07 Å². The number of carbonyl (C=O) groups excluding carboxylic acids is 1. The minimum atomic E-state index is -1.77. The quantitative estimate of drug-likeness (QED) is 0.441. The van der Waals surface area contributed by atoms with Crippen LogP contribution in [-0.2, 0) is 5.72 Å². The van der Waals surface area contributed by atoms with Gasteiger partial charge in [-0.3, -0.25) is 9.80 Å². The zero-order valence-electron chi connectivity index (χ0n) is 18.3. The van der Waals surface area contributed by atoms with Gasteiger partial charge in [-0.1, -0.05) is 49.2 Å². The lowest BCUT2D eigenvalue weighted by Crippen LogP contribution is -2.59. The van der Waals surface area contributed by atoms with Crippen LogP contribution in [0.2, 0.25) is 10.0 Å². The first kappa shape index (κ1) is 23.1. The van der Waals surface area contributed by atoms with Crippen LogP contribution in [-0.4, -0.2) is 16.7 Å². The van der Waals surface area contributed by atoms with E-state index in [0.29, 0.717) is 45.4 Å². The normalized spacial score (nSPS) is 19.6.